The molecule has 3 amide bonds. The van der Waals surface area contributed by atoms with Gasteiger partial charge in [-0.3, -0.25) is 14.4 Å². The summed E-state index contributed by atoms with van der Waals surface area (Å²) in [7, 11) is 3.96. The first-order valence-electron chi connectivity index (χ1n) is 16.7. The van der Waals surface area contributed by atoms with Crippen molar-refractivity contribution in [1.29, 1.82) is 0 Å². The van der Waals surface area contributed by atoms with Gasteiger partial charge in [0.2, 0.25) is 11.8 Å². The van der Waals surface area contributed by atoms with Crippen LogP contribution in [-0.2, 0) is 29.6 Å². The molecule has 254 valence electrons. The number of carbonyl (C=O) groups excluding carboxylic acids is 3. The Morgan fingerprint density at radius 3 is 2.40 bits per heavy atom. The molecule has 2 N–H and O–H groups in total. The van der Waals surface area contributed by atoms with Crippen LogP contribution in [0.1, 0.15) is 21.5 Å². The third-order valence-corrected chi connectivity index (χ3v) is 9.76. The minimum atomic E-state index is -0.695. The molecule has 0 radical (unpaired) electrons. The average molecular weight is 669 g/mol. The van der Waals surface area contributed by atoms with Crippen LogP contribution in [0.15, 0.2) is 116 Å². The molecule has 50 heavy (non-hydrogen) atoms. The SMILES string of the molecule is C=CCN1CC(=O)N2[C@@H](Cc3ccc(O)cc3)C(=O)N(Cc3cccc4c(-c5ccc(C(=O)Nc6ccccc6)cc5)cn(C)c34)C[C@@H]2N1C. The van der Waals surface area contributed by atoms with Gasteiger partial charge in [-0.05, 0) is 53.1 Å². The van der Waals surface area contributed by atoms with Crippen LogP contribution in [0.2, 0.25) is 0 Å². The highest BCUT2D eigenvalue weighted by Crippen LogP contribution is 2.34. The Labute approximate surface area is 291 Å². The van der Waals surface area contributed by atoms with E-state index in [0.29, 0.717) is 31.6 Å². The number of phenols is 1. The van der Waals surface area contributed by atoms with Crippen LogP contribution in [0.5, 0.6) is 5.75 Å². The summed E-state index contributed by atoms with van der Waals surface area (Å²) in [5, 5.41) is 17.8. The summed E-state index contributed by atoms with van der Waals surface area (Å²) in [5.41, 5.74) is 6.18. The number of hydrazine groups is 1. The van der Waals surface area contributed by atoms with E-state index < -0.39 is 6.04 Å². The number of nitrogens with zero attached hydrogens (tertiary/aromatic N) is 5. The zero-order valence-electron chi connectivity index (χ0n) is 28.2. The lowest BCUT2D eigenvalue weighted by Gasteiger charge is -2.54. The van der Waals surface area contributed by atoms with Crippen molar-refractivity contribution in [2.75, 3.05) is 32.0 Å². The predicted octanol–water partition coefficient (Wildman–Crippen LogP) is 5.26. The van der Waals surface area contributed by atoms with E-state index in [4.69, 9.17) is 0 Å². The maximum Gasteiger partial charge on any atom is 0.255 e. The quantitative estimate of drug-likeness (QED) is 0.208. The molecular weight excluding hydrogens is 628 g/mol. The summed E-state index contributed by atoms with van der Waals surface area (Å²) >= 11 is 0. The summed E-state index contributed by atoms with van der Waals surface area (Å²) in [4.78, 5) is 44.5. The lowest BCUT2D eigenvalue weighted by molar-refractivity contribution is -0.196. The van der Waals surface area contributed by atoms with Gasteiger partial charge in [-0.15, -0.1) is 6.58 Å². The van der Waals surface area contributed by atoms with Crippen LogP contribution in [-0.4, -0.2) is 86.1 Å². The number of anilines is 1. The lowest BCUT2D eigenvalue weighted by atomic mass is 9.97. The second-order valence-electron chi connectivity index (χ2n) is 13.0. The number of hydrogen-bond acceptors (Lipinski definition) is 6. The van der Waals surface area contributed by atoms with Gasteiger partial charge >= 0.3 is 0 Å². The molecule has 0 unspecified atom stereocenters. The van der Waals surface area contributed by atoms with Gasteiger partial charge in [0.05, 0.1) is 18.6 Å². The van der Waals surface area contributed by atoms with Crippen molar-refractivity contribution >= 4 is 34.3 Å². The van der Waals surface area contributed by atoms with Gasteiger partial charge in [0.15, 0.2) is 0 Å². The van der Waals surface area contributed by atoms with Crippen molar-refractivity contribution in [3.05, 3.63) is 133 Å². The summed E-state index contributed by atoms with van der Waals surface area (Å²) < 4.78 is 2.09. The van der Waals surface area contributed by atoms with Crippen LogP contribution in [0, 0.1) is 0 Å². The van der Waals surface area contributed by atoms with Gasteiger partial charge in [-0.25, -0.2) is 10.0 Å². The van der Waals surface area contributed by atoms with Crippen LogP contribution in [0.25, 0.3) is 22.0 Å². The first kappa shape index (κ1) is 32.8. The highest BCUT2D eigenvalue weighted by molar-refractivity contribution is 6.05. The number of aromatic nitrogens is 1. The first-order chi connectivity index (χ1) is 24.2. The number of fused-ring (bicyclic) bond motifs is 2. The van der Waals surface area contributed by atoms with E-state index in [1.807, 2.05) is 84.7 Å². The highest BCUT2D eigenvalue weighted by Gasteiger charge is 2.48. The molecule has 0 saturated carbocycles. The van der Waals surface area contributed by atoms with Crippen molar-refractivity contribution in [2.45, 2.75) is 25.2 Å². The lowest BCUT2D eigenvalue weighted by Crippen LogP contribution is -2.74. The largest absolute Gasteiger partial charge is 0.508 e. The number of rotatable bonds is 9. The van der Waals surface area contributed by atoms with Crippen molar-refractivity contribution in [2.24, 2.45) is 7.05 Å². The van der Waals surface area contributed by atoms with Crippen molar-refractivity contribution in [3.8, 4) is 16.9 Å². The van der Waals surface area contributed by atoms with Crippen LogP contribution >= 0.6 is 0 Å². The number of nitrogens with one attached hydrogen (secondary N) is 1. The molecule has 5 aromatic rings. The number of amides is 3. The molecule has 10 nitrogen and oxygen atoms in total. The Morgan fingerprint density at radius 1 is 0.940 bits per heavy atom. The third-order valence-electron chi connectivity index (χ3n) is 9.76. The van der Waals surface area contributed by atoms with Gasteiger partial charge in [0, 0.05) is 62.0 Å². The van der Waals surface area contributed by atoms with Crippen molar-refractivity contribution < 1.29 is 19.5 Å². The molecule has 4 aromatic carbocycles. The molecule has 2 aliphatic heterocycles. The molecule has 7 rings (SSSR count). The van der Waals surface area contributed by atoms with Gasteiger partial charge in [-0.1, -0.05) is 66.7 Å². The van der Waals surface area contributed by atoms with E-state index >= 15 is 0 Å². The Kier molecular flexibility index (Phi) is 8.96. The van der Waals surface area contributed by atoms with Crippen molar-refractivity contribution in [3.63, 3.8) is 0 Å². The van der Waals surface area contributed by atoms with E-state index in [1.165, 1.54) is 0 Å². The van der Waals surface area contributed by atoms with Gasteiger partial charge < -0.3 is 24.8 Å². The minimum Gasteiger partial charge on any atom is -0.508 e. The molecule has 1 aromatic heterocycles. The van der Waals surface area contributed by atoms with Gasteiger partial charge in [0.1, 0.15) is 18.0 Å². The second-order valence-corrected chi connectivity index (χ2v) is 13.0. The number of piperazine rings is 1. The average Bonchev–Trinajstić information content (AvgIpc) is 3.47. The fourth-order valence-corrected chi connectivity index (χ4v) is 7.26. The van der Waals surface area contributed by atoms with E-state index in [1.54, 1.807) is 35.2 Å². The van der Waals surface area contributed by atoms with Gasteiger partial charge in [0.25, 0.3) is 5.91 Å². The molecule has 2 saturated heterocycles. The number of likely N-dealkylation sites (N-methyl/N-ethyl adjacent to an activating group) is 1. The van der Waals surface area contributed by atoms with Crippen LogP contribution in [0.3, 0.4) is 0 Å². The molecule has 0 spiro atoms. The van der Waals surface area contributed by atoms with Crippen LogP contribution < -0.4 is 5.32 Å². The molecular formula is C40H40N6O4. The third kappa shape index (κ3) is 6.26. The number of benzene rings is 4. The number of para-hydroxylation sites is 2. The molecule has 0 bridgehead atoms. The smallest absolute Gasteiger partial charge is 0.255 e. The summed E-state index contributed by atoms with van der Waals surface area (Å²) in [6, 6.07) is 29.2. The van der Waals surface area contributed by atoms with E-state index in [-0.39, 0.29) is 36.2 Å². The maximum atomic E-state index is 14.4. The molecule has 2 fully saturated rings. The first-order valence-corrected chi connectivity index (χ1v) is 16.7. The maximum absolute atomic E-state index is 14.4. The highest BCUT2D eigenvalue weighted by atomic mass is 16.3. The number of hydrogen-bond donors (Lipinski definition) is 2. The zero-order valence-corrected chi connectivity index (χ0v) is 28.2. The predicted molar refractivity (Wildman–Crippen MR) is 194 cm³/mol. The van der Waals surface area contributed by atoms with E-state index in [9.17, 15) is 19.5 Å². The number of aryl methyl sites for hydroxylation is 1. The number of aromatic hydroxyl groups is 1. The molecule has 10 heteroatoms. The van der Waals surface area contributed by atoms with Crippen LogP contribution in [0.4, 0.5) is 5.69 Å². The van der Waals surface area contributed by atoms with E-state index in [0.717, 1.165) is 38.8 Å². The topological polar surface area (TPSA) is 101 Å². The normalized spacial score (nSPS) is 18.4. The summed E-state index contributed by atoms with van der Waals surface area (Å²) in [5.74, 6) is -0.223. The Morgan fingerprint density at radius 2 is 1.68 bits per heavy atom. The standard InChI is InChI=1S/C40H40N6O4/c1-4-21-45-26-37(48)46-35(22-27-13-19-32(47)20-14-27)40(50)44(25-36(46)43(45)3)23-30-9-8-12-33-34(24-42(2)38(30)33)28-15-17-29(18-16-28)39(49)41-31-10-6-5-7-11-31/h4-20,24,35-36,47H,1,21-23,25-26H2,2-3H3,(H,41,49)/t35-,36+/m0/s1. The summed E-state index contributed by atoms with van der Waals surface area (Å²) in [6.07, 6.45) is 3.85. The van der Waals surface area contributed by atoms with Crippen molar-refractivity contribution in [1.82, 2.24) is 24.4 Å². The summed E-state index contributed by atoms with van der Waals surface area (Å²) in [6.45, 7) is 5.27. The fraction of sp³-hybridized carbons (Fsp3) is 0.225. The Bertz CT molecular complexity index is 2060. The number of phenolic OH excluding ortho intramolecular Hbond substituents is 1. The molecule has 2 atom stereocenters. The van der Waals surface area contributed by atoms with E-state index in [2.05, 4.69) is 39.8 Å². The Balaban J connectivity index is 1.18. The molecule has 2 aliphatic rings. The monoisotopic (exact) mass is 668 g/mol. The van der Waals surface area contributed by atoms with Gasteiger partial charge in [-0.2, -0.15) is 0 Å². The second kappa shape index (κ2) is 13.7. The molecule has 3 heterocycles. The molecule has 0 aliphatic carbocycles. The fourth-order valence-electron chi connectivity index (χ4n) is 7.26. The Hall–Kier alpha value is -5.71. The minimum absolute atomic E-state index is 0.0931. The zero-order chi connectivity index (χ0) is 34.9. The number of carbonyl (C=O) groups is 3.